The van der Waals surface area contributed by atoms with Gasteiger partial charge in [-0.3, -0.25) is 0 Å². The van der Waals surface area contributed by atoms with Crippen molar-refractivity contribution in [3.05, 3.63) is 230 Å². The zero-order valence-corrected chi connectivity index (χ0v) is 32.1. The lowest BCUT2D eigenvalue weighted by atomic mass is 10.00. The summed E-state index contributed by atoms with van der Waals surface area (Å²) < 4.78 is 6.49. The molecule has 0 radical (unpaired) electrons. The van der Waals surface area contributed by atoms with Crippen molar-refractivity contribution >= 4 is 56.1 Å². The fraction of sp³-hybridized carbons (Fsp3) is 0. The van der Waals surface area contributed by atoms with Gasteiger partial charge in [-0.25, -0.2) is 0 Å². The van der Waals surface area contributed by atoms with Gasteiger partial charge in [-0.1, -0.05) is 140 Å². The summed E-state index contributed by atoms with van der Waals surface area (Å²) >= 11 is 0. The average molecular weight is 756 g/mol. The van der Waals surface area contributed by atoms with Gasteiger partial charge in [-0.05, 0) is 118 Å². The third kappa shape index (κ3) is 6.88. The van der Waals surface area contributed by atoms with Crippen LogP contribution >= 0.6 is 0 Å². The Labute approximate surface area is 343 Å². The summed E-state index contributed by atoms with van der Waals surface area (Å²) in [5, 5.41) is 11.7. The topological polar surface area (TPSA) is 43.4 Å². The van der Waals surface area contributed by atoms with Crippen molar-refractivity contribution in [2.75, 3.05) is 9.80 Å². The minimum atomic E-state index is 0.613. The maximum absolute atomic E-state index is 9.53. The van der Waals surface area contributed by atoms with Crippen LogP contribution in [0, 0.1) is 11.3 Å². The molecule has 0 atom stereocenters. The van der Waals surface area contributed by atoms with Crippen LogP contribution < -0.4 is 9.80 Å². The largest absolute Gasteiger partial charge is 0.454 e. The Morgan fingerprint density at radius 2 is 0.712 bits per heavy atom. The Balaban J connectivity index is 0.951. The lowest BCUT2D eigenvalue weighted by Crippen LogP contribution is -2.10. The SMILES string of the molecule is N#Cc1ccc(N(c2ccc(-c3ccc(N(c4ccccc4)c4ccc(-c5ccc(-c6ccccc6)cc5)cc4)cc3)cc2)c2cccc3c2oc2ccccc23)cc1. The molecular formula is C55H37N3O. The van der Waals surface area contributed by atoms with E-state index in [-0.39, 0.29) is 0 Å². The Morgan fingerprint density at radius 3 is 1.24 bits per heavy atom. The summed E-state index contributed by atoms with van der Waals surface area (Å²) in [5.41, 5.74) is 15.4. The van der Waals surface area contributed by atoms with E-state index < -0.39 is 0 Å². The van der Waals surface area contributed by atoms with Crippen molar-refractivity contribution in [2.45, 2.75) is 0 Å². The van der Waals surface area contributed by atoms with Gasteiger partial charge < -0.3 is 14.2 Å². The van der Waals surface area contributed by atoms with Gasteiger partial charge in [0.15, 0.2) is 5.58 Å². The van der Waals surface area contributed by atoms with E-state index in [0.717, 1.165) is 67.2 Å². The molecule has 10 rings (SSSR count). The van der Waals surface area contributed by atoms with Gasteiger partial charge >= 0.3 is 0 Å². The molecule has 4 nitrogen and oxygen atoms in total. The Hall–Kier alpha value is -8.13. The Kier molecular flexibility index (Phi) is 9.23. The van der Waals surface area contributed by atoms with Crippen molar-refractivity contribution in [3.63, 3.8) is 0 Å². The van der Waals surface area contributed by atoms with Crippen LogP contribution in [0.3, 0.4) is 0 Å². The molecule has 4 heteroatoms. The number of fused-ring (bicyclic) bond motifs is 3. The molecule has 59 heavy (non-hydrogen) atoms. The van der Waals surface area contributed by atoms with Crippen molar-refractivity contribution < 1.29 is 4.42 Å². The van der Waals surface area contributed by atoms with Gasteiger partial charge in [0.25, 0.3) is 0 Å². The van der Waals surface area contributed by atoms with Gasteiger partial charge in [0, 0.05) is 39.2 Å². The number of hydrogen-bond donors (Lipinski definition) is 0. The zero-order chi connectivity index (χ0) is 39.5. The monoisotopic (exact) mass is 755 g/mol. The third-order valence-electron chi connectivity index (χ3n) is 10.9. The zero-order valence-electron chi connectivity index (χ0n) is 32.1. The highest BCUT2D eigenvalue weighted by atomic mass is 16.3. The quantitative estimate of drug-likeness (QED) is 0.147. The molecule has 0 saturated carbocycles. The maximum atomic E-state index is 9.53. The van der Waals surface area contributed by atoms with Gasteiger partial charge in [-0.2, -0.15) is 5.26 Å². The van der Waals surface area contributed by atoms with Crippen LogP contribution in [0.4, 0.5) is 34.1 Å². The number of para-hydroxylation sites is 3. The molecule has 0 aliphatic carbocycles. The summed E-state index contributed by atoms with van der Waals surface area (Å²) in [6.07, 6.45) is 0. The number of nitrogens with zero attached hydrogens (tertiary/aromatic N) is 3. The van der Waals surface area contributed by atoms with E-state index in [1.165, 1.54) is 22.3 Å². The predicted octanol–water partition coefficient (Wildman–Crippen LogP) is 15.4. The molecule has 0 aliphatic rings. The first-order valence-corrected chi connectivity index (χ1v) is 19.7. The van der Waals surface area contributed by atoms with Crippen LogP contribution in [-0.4, -0.2) is 0 Å². The van der Waals surface area contributed by atoms with Crippen LogP contribution in [0.5, 0.6) is 0 Å². The number of hydrogen-bond acceptors (Lipinski definition) is 4. The summed E-state index contributed by atoms with van der Waals surface area (Å²) in [4.78, 5) is 4.49. The number of furan rings is 1. The van der Waals surface area contributed by atoms with Gasteiger partial charge in [0.05, 0.1) is 17.3 Å². The number of benzene rings is 9. The highest BCUT2D eigenvalue weighted by molar-refractivity contribution is 6.10. The minimum Gasteiger partial charge on any atom is -0.454 e. The van der Waals surface area contributed by atoms with E-state index in [2.05, 4.69) is 192 Å². The van der Waals surface area contributed by atoms with Crippen molar-refractivity contribution in [2.24, 2.45) is 0 Å². The molecule has 1 heterocycles. The lowest BCUT2D eigenvalue weighted by Gasteiger charge is -2.26. The smallest absolute Gasteiger partial charge is 0.159 e. The molecule has 0 saturated heterocycles. The molecule has 0 aliphatic heterocycles. The normalized spacial score (nSPS) is 11.0. The molecule has 0 N–H and O–H groups in total. The van der Waals surface area contributed by atoms with E-state index in [9.17, 15) is 5.26 Å². The summed E-state index contributed by atoms with van der Waals surface area (Å²) in [6.45, 7) is 0. The molecule has 0 bridgehead atoms. The number of anilines is 6. The Bertz CT molecular complexity index is 3060. The van der Waals surface area contributed by atoms with Crippen LogP contribution in [0.2, 0.25) is 0 Å². The molecule has 10 aromatic rings. The van der Waals surface area contributed by atoms with Crippen molar-refractivity contribution in [1.29, 1.82) is 5.26 Å². The maximum Gasteiger partial charge on any atom is 0.159 e. The van der Waals surface area contributed by atoms with Crippen LogP contribution in [0.15, 0.2) is 229 Å². The molecule has 0 fully saturated rings. The second-order valence-electron chi connectivity index (χ2n) is 14.5. The lowest BCUT2D eigenvalue weighted by molar-refractivity contribution is 0.669. The highest BCUT2D eigenvalue weighted by Gasteiger charge is 2.20. The summed E-state index contributed by atoms with van der Waals surface area (Å²) in [7, 11) is 0. The van der Waals surface area contributed by atoms with E-state index in [0.29, 0.717) is 5.56 Å². The number of rotatable bonds is 9. The van der Waals surface area contributed by atoms with E-state index in [4.69, 9.17) is 4.42 Å². The first-order chi connectivity index (χ1) is 29.2. The van der Waals surface area contributed by atoms with Gasteiger partial charge in [0.2, 0.25) is 0 Å². The van der Waals surface area contributed by atoms with Crippen LogP contribution in [0.25, 0.3) is 55.3 Å². The molecule has 0 spiro atoms. The molecular weight excluding hydrogens is 719 g/mol. The van der Waals surface area contributed by atoms with Crippen molar-refractivity contribution in [3.8, 4) is 39.4 Å². The Morgan fingerprint density at radius 1 is 0.322 bits per heavy atom. The average Bonchev–Trinajstić information content (AvgIpc) is 3.70. The predicted molar refractivity (Wildman–Crippen MR) is 244 cm³/mol. The first kappa shape index (κ1) is 35.3. The van der Waals surface area contributed by atoms with E-state index in [1.54, 1.807) is 0 Å². The van der Waals surface area contributed by atoms with Gasteiger partial charge in [-0.15, -0.1) is 0 Å². The molecule has 0 amide bonds. The standard InChI is InChI=1S/C55H37N3O/c56-38-39-18-30-49(31-19-39)58(53-16-9-15-52-51-14-7-8-17-54(51)59-55(52)53)50-36-28-45(29-37-50)44-26-34-48(35-27-44)57(46-12-5-2-6-13-46)47-32-24-43(25-33-47)42-22-20-41(21-23-42)40-10-3-1-4-11-40/h1-37H. The van der Waals surface area contributed by atoms with E-state index >= 15 is 0 Å². The fourth-order valence-electron chi connectivity index (χ4n) is 7.94. The van der Waals surface area contributed by atoms with Crippen molar-refractivity contribution in [1.82, 2.24) is 0 Å². The van der Waals surface area contributed by atoms with Crippen LogP contribution in [-0.2, 0) is 0 Å². The van der Waals surface area contributed by atoms with Crippen LogP contribution in [0.1, 0.15) is 5.56 Å². The molecule has 278 valence electrons. The highest BCUT2D eigenvalue weighted by Crippen LogP contribution is 2.43. The van der Waals surface area contributed by atoms with Gasteiger partial charge in [0.1, 0.15) is 5.58 Å². The second kappa shape index (κ2) is 15.4. The summed E-state index contributed by atoms with van der Waals surface area (Å²) in [6, 6.07) is 80.3. The molecule has 1 aromatic heterocycles. The third-order valence-corrected chi connectivity index (χ3v) is 10.9. The first-order valence-electron chi connectivity index (χ1n) is 19.7. The number of nitriles is 1. The summed E-state index contributed by atoms with van der Waals surface area (Å²) in [5.74, 6) is 0. The second-order valence-corrected chi connectivity index (χ2v) is 14.5. The molecule has 0 unspecified atom stereocenters. The fourth-order valence-corrected chi connectivity index (χ4v) is 7.94. The molecule has 9 aromatic carbocycles. The minimum absolute atomic E-state index is 0.613. The van der Waals surface area contributed by atoms with E-state index in [1.807, 2.05) is 48.5 Å².